The normalized spacial score (nSPS) is 25.6. The van der Waals surface area contributed by atoms with E-state index in [1.807, 2.05) is 38.6 Å². The van der Waals surface area contributed by atoms with Crippen molar-refractivity contribution in [2.45, 2.75) is 12.8 Å². The largest absolute Gasteiger partial charge is 0.379 e. The van der Waals surface area contributed by atoms with Crippen LogP contribution in [0.4, 0.5) is 0 Å². The average Bonchev–Trinajstić information content (AvgIpc) is 3.46. The summed E-state index contributed by atoms with van der Waals surface area (Å²) in [5.41, 5.74) is 0.921. The van der Waals surface area contributed by atoms with E-state index in [4.69, 9.17) is 4.74 Å². The van der Waals surface area contributed by atoms with Gasteiger partial charge in [-0.15, -0.1) is 0 Å². The first-order valence-electron chi connectivity index (χ1n) is 10.5. The number of hydrogen-bond donors (Lipinski definition) is 0. The summed E-state index contributed by atoms with van der Waals surface area (Å²) < 4.78 is 7.21. The number of likely N-dealkylation sites (tertiary alicyclic amines) is 2. The maximum atomic E-state index is 13.2. The van der Waals surface area contributed by atoms with Gasteiger partial charge in [0.05, 0.1) is 24.8 Å². The topological polar surface area (TPSA) is 70.4 Å². The zero-order chi connectivity index (χ0) is 19.8. The molecule has 0 aromatic carbocycles. The Morgan fingerprint density at radius 2 is 1.93 bits per heavy atom. The first kappa shape index (κ1) is 18.6. The van der Waals surface area contributed by atoms with Crippen LogP contribution in [0.1, 0.15) is 23.3 Å². The maximum absolute atomic E-state index is 13.2. The summed E-state index contributed by atoms with van der Waals surface area (Å²) in [5.74, 6) is 0.180. The second kappa shape index (κ2) is 7.42. The van der Waals surface area contributed by atoms with E-state index >= 15 is 0 Å². The summed E-state index contributed by atoms with van der Waals surface area (Å²) in [6.45, 7) is 7.03. The van der Waals surface area contributed by atoms with Crippen LogP contribution in [0.15, 0.2) is 30.6 Å². The number of ether oxygens (including phenoxy) is 1. The lowest BCUT2D eigenvalue weighted by Crippen LogP contribution is -2.44. The minimum Gasteiger partial charge on any atom is -0.379 e. The SMILES string of the molecule is O=C(c1cnc2ccccn12)N1CCC2(CCN(CCN3CCOCC3)C2=O)C1. The van der Waals surface area contributed by atoms with E-state index < -0.39 is 5.41 Å². The molecule has 2 aromatic rings. The first-order valence-corrected chi connectivity index (χ1v) is 10.5. The molecule has 3 aliphatic heterocycles. The second-order valence-electron chi connectivity index (χ2n) is 8.33. The number of morpholine rings is 1. The fourth-order valence-electron chi connectivity index (χ4n) is 4.87. The number of nitrogens with zero attached hydrogens (tertiary/aromatic N) is 5. The van der Waals surface area contributed by atoms with E-state index in [2.05, 4.69) is 9.88 Å². The zero-order valence-corrected chi connectivity index (χ0v) is 16.6. The van der Waals surface area contributed by atoms with E-state index in [0.29, 0.717) is 18.8 Å². The molecule has 1 unspecified atom stereocenters. The average molecular weight is 397 g/mol. The van der Waals surface area contributed by atoms with E-state index in [-0.39, 0.29) is 11.8 Å². The number of fused-ring (bicyclic) bond motifs is 1. The fraction of sp³-hybridized carbons (Fsp3) is 0.571. The highest BCUT2D eigenvalue weighted by molar-refractivity contribution is 5.95. The molecule has 1 spiro atoms. The molecule has 0 bridgehead atoms. The van der Waals surface area contributed by atoms with Crippen molar-refractivity contribution < 1.29 is 14.3 Å². The van der Waals surface area contributed by atoms with Gasteiger partial charge in [0.15, 0.2) is 0 Å². The van der Waals surface area contributed by atoms with Crippen molar-refractivity contribution in [2.24, 2.45) is 5.41 Å². The smallest absolute Gasteiger partial charge is 0.272 e. The minimum absolute atomic E-state index is 0.0415. The second-order valence-corrected chi connectivity index (χ2v) is 8.33. The van der Waals surface area contributed by atoms with Crippen molar-refractivity contribution in [3.8, 4) is 0 Å². The Morgan fingerprint density at radius 1 is 1.10 bits per heavy atom. The number of amides is 2. The molecule has 3 fully saturated rings. The third-order valence-electron chi connectivity index (χ3n) is 6.67. The molecule has 0 saturated carbocycles. The number of carbonyl (C=O) groups excluding carboxylic acids is 2. The van der Waals surface area contributed by atoms with Crippen molar-refractivity contribution in [3.63, 3.8) is 0 Å². The molecule has 0 aliphatic carbocycles. The quantitative estimate of drug-likeness (QED) is 0.761. The van der Waals surface area contributed by atoms with Crippen LogP contribution in [-0.4, -0.2) is 94.9 Å². The standard InChI is InChI=1S/C21H27N5O3/c27-19(17-15-22-18-3-1-2-6-26(17)18)25-8-5-21(16-25)4-7-24(20(21)28)10-9-23-11-13-29-14-12-23/h1-3,6,15H,4-5,7-14,16H2. The van der Waals surface area contributed by atoms with Crippen LogP contribution in [-0.2, 0) is 9.53 Å². The molecular formula is C21H27N5O3. The summed E-state index contributed by atoms with van der Waals surface area (Å²) in [5, 5.41) is 0. The van der Waals surface area contributed by atoms with E-state index in [1.54, 1.807) is 6.20 Å². The molecule has 2 aromatic heterocycles. The fourth-order valence-corrected chi connectivity index (χ4v) is 4.87. The highest BCUT2D eigenvalue weighted by Gasteiger charge is 2.51. The van der Waals surface area contributed by atoms with Gasteiger partial charge in [0.2, 0.25) is 5.91 Å². The Morgan fingerprint density at radius 3 is 2.79 bits per heavy atom. The lowest BCUT2D eigenvalue weighted by molar-refractivity contribution is -0.135. The lowest BCUT2D eigenvalue weighted by atomic mass is 9.85. The first-order chi connectivity index (χ1) is 14.2. The van der Waals surface area contributed by atoms with Gasteiger partial charge in [-0.25, -0.2) is 4.98 Å². The van der Waals surface area contributed by atoms with Gasteiger partial charge in [-0.1, -0.05) is 6.07 Å². The molecule has 8 heteroatoms. The molecule has 3 aliphatic rings. The number of pyridine rings is 1. The highest BCUT2D eigenvalue weighted by Crippen LogP contribution is 2.41. The summed E-state index contributed by atoms with van der Waals surface area (Å²) >= 11 is 0. The molecule has 5 heterocycles. The van der Waals surface area contributed by atoms with E-state index in [9.17, 15) is 9.59 Å². The van der Waals surface area contributed by atoms with Gasteiger partial charge < -0.3 is 14.5 Å². The van der Waals surface area contributed by atoms with Crippen LogP contribution < -0.4 is 0 Å². The van der Waals surface area contributed by atoms with Crippen LogP contribution in [0.3, 0.4) is 0 Å². The van der Waals surface area contributed by atoms with E-state index in [0.717, 1.165) is 64.4 Å². The molecule has 3 saturated heterocycles. The van der Waals surface area contributed by atoms with Gasteiger partial charge in [0, 0.05) is 52.0 Å². The molecule has 154 valence electrons. The third kappa shape index (κ3) is 3.30. The van der Waals surface area contributed by atoms with Crippen molar-refractivity contribution in [1.82, 2.24) is 24.1 Å². The summed E-state index contributed by atoms with van der Waals surface area (Å²) in [6.07, 6.45) is 5.08. The summed E-state index contributed by atoms with van der Waals surface area (Å²) in [6, 6.07) is 5.68. The number of carbonyl (C=O) groups is 2. The van der Waals surface area contributed by atoms with Crippen molar-refractivity contribution in [2.75, 3.05) is 59.0 Å². The van der Waals surface area contributed by atoms with Crippen LogP contribution in [0.5, 0.6) is 0 Å². The van der Waals surface area contributed by atoms with Crippen LogP contribution in [0, 0.1) is 5.41 Å². The highest BCUT2D eigenvalue weighted by atomic mass is 16.5. The monoisotopic (exact) mass is 397 g/mol. The Labute approximate surface area is 170 Å². The van der Waals surface area contributed by atoms with Gasteiger partial charge in [-0.3, -0.25) is 18.9 Å². The molecule has 8 nitrogen and oxygen atoms in total. The molecule has 0 radical (unpaired) electrons. The van der Waals surface area contributed by atoms with E-state index in [1.165, 1.54) is 0 Å². The van der Waals surface area contributed by atoms with Crippen LogP contribution in [0.2, 0.25) is 0 Å². The van der Waals surface area contributed by atoms with Crippen LogP contribution >= 0.6 is 0 Å². The van der Waals surface area contributed by atoms with Gasteiger partial charge in [0.25, 0.3) is 5.91 Å². The predicted molar refractivity (Wildman–Crippen MR) is 107 cm³/mol. The lowest BCUT2D eigenvalue weighted by Gasteiger charge is -2.29. The van der Waals surface area contributed by atoms with Crippen LogP contribution in [0.25, 0.3) is 5.65 Å². The van der Waals surface area contributed by atoms with Gasteiger partial charge in [-0.05, 0) is 25.0 Å². The number of hydrogen-bond acceptors (Lipinski definition) is 5. The van der Waals surface area contributed by atoms with Crippen molar-refractivity contribution in [3.05, 3.63) is 36.3 Å². The minimum atomic E-state index is -0.402. The predicted octanol–water partition coefficient (Wildman–Crippen LogP) is 0.731. The molecular weight excluding hydrogens is 370 g/mol. The Kier molecular flexibility index (Phi) is 4.75. The number of aromatic nitrogens is 2. The van der Waals surface area contributed by atoms with Gasteiger partial charge in [-0.2, -0.15) is 0 Å². The van der Waals surface area contributed by atoms with Crippen molar-refractivity contribution >= 4 is 17.5 Å². The molecule has 1 atom stereocenters. The maximum Gasteiger partial charge on any atom is 0.272 e. The molecule has 0 N–H and O–H groups in total. The molecule has 2 amide bonds. The summed E-state index contributed by atoms with van der Waals surface area (Å²) in [7, 11) is 0. The Balaban J connectivity index is 1.24. The van der Waals surface area contributed by atoms with Crippen molar-refractivity contribution in [1.29, 1.82) is 0 Å². The molecule has 5 rings (SSSR count). The van der Waals surface area contributed by atoms with Gasteiger partial charge >= 0.3 is 0 Å². The Hall–Kier alpha value is -2.45. The molecule has 29 heavy (non-hydrogen) atoms. The zero-order valence-electron chi connectivity index (χ0n) is 16.6. The third-order valence-corrected chi connectivity index (χ3v) is 6.67. The summed E-state index contributed by atoms with van der Waals surface area (Å²) in [4.78, 5) is 36.8. The Bertz CT molecular complexity index is 922. The number of imidazole rings is 1. The van der Waals surface area contributed by atoms with Gasteiger partial charge in [0.1, 0.15) is 11.3 Å². The number of rotatable bonds is 4.